The van der Waals surface area contributed by atoms with Crippen molar-refractivity contribution >= 4 is 5.82 Å². The molecule has 2 unspecified atom stereocenters. The summed E-state index contributed by atoms with van der Waals surface area (Å²) in [5.74, 6) is 0.392. The van der Waals surface area contributed by atoms with Crippen LogP contribution in [0.15, 0.2) is 12.3 Å². The summed E-state index contributed by atoms with van der Waals surface area (Å²) in [4.78, 5) is 4.03. The Morgan fingerprint density at radius 1 is 1.67 bits per heavy atom. The van der Waals surface area contributed by atoms with Gasteiger partial charge in [-0.1, -0.05) is 0 Å². The minimum absolute atomic E-state index is 0.129. The molecule has 1 aromatic heterocycles. The van der Waals surface area contributed by atoms with Gasteiger partial charge in [0.1, 0.15) is 11.9 Å². The molecule has 2 heterocycles. The lowest BCUT2D eigenvalue weighted by Crippen LogP contribution is -2.19. The van der Waals surface area contributed by atoms with Crippen LogP contribution in [0, 0.1) is 6.92 Å². The molecule has 0 radical (unpaired) electrons. The van der Waals surface area contributed by atoms with E-state index in [4.69, 9.17) is 10.5 Å². The number of anilines is 1. The first kappa shape index (κ1) is 10.4. The number of hydrogen-bond donors (Lipinski definition) is 2. The molecule has 0 amide bonds. The molecule has 15 heavy (non-hydrogen) atoms. The second-order valence-corrected chi connectivity index (χ2v) is 3.98. The molecule has 0 bridgehead atoms. The Morgan fingerprint density at radius 3 is 3.13 bits per heavy atom. The van der Waals surface area contributed by atoms with E-state index in [9.17, 15) is 5.11 Å². The van der Waals surface area contributed by atoms with Crippen molar-refractivity contribution in [2.24, 2.45) is 0 Å². The van der Waals surface area contributed by atoms with Gasteiger partial charge in [-0.15, -0.1) is 0 Å². The van der Waals surface area contributed by atoms with E-state index in [-0.39, 0.29) is 6.10 Å². The second kappa shape index (κ2) is 4.16. The SMILES string of the molecule is Cc1cnc(N)c(C(O)C2CCCO2)c1. The van der Waals surface area contributed by atoms with E-state index in [2.05, 4.69) is 4.98 Å². The van der Waals surface area contributed by atoms with Crippen LogP contribution in [-0.4, -0.2) is 22.8 Å². The molecule has 3 N–H and O–H groups in total. The number of pyridine rings is 1. The fourth-order valence-electron chi connectivity index (χ4n) is 1.89. The van der Waals surface area contributed by atoms with Gasteiger partial charge in [-0.2, -0.15) is 0 Å². The van der Waals surface area contributed by atoms with Crippen molar-refractivity contribution in [1.82, 2.24) is 4.98 Å². The third-order valence-electron chi connectivity index (χ3n) is 2.72. The van der Waals surface area contributed by atoms with Gasteiger partial charge in [0.15, 0.2) is 0 Å². The summed E-state index contributed by atoms with van der Waals surface area (Å²) in [5.41, 5.74) is 7.41. The summed E-state index contributed by atoms with van der Waals surface area (Å²) >= 11 is 0. The van der Waals surface area contributed by atoms with Gasteiger partial charge in [0.05, 0.1) is 6.10 Å². The van der Waals surface area contributed by atoms with E-state index in [1.807, 2.05) is 13.0 Å². The van der Waals surface area contributed by atoms with Crippen LogP contribution in [0.5, 0.6) is 0 Å². The topological polar surface area (TPSA) is 68.4 Å². The monoisotopic (exact) mass is 208 g/mol. The van der Waals surface area contributed by atoms with Crippen LogP contribution in [0.25, 0.3) is 0 Å². The van der Waals surface area contributed by atoms with Crippen LogP contribution >= 0.6 is 0 Å². The first-order chi connectivity index (χ1) is 7.18. The van der Waals surface area contributed by atoms with E-state index in [1.165, 1.54) is 0 Å². The predicted octanol–water partition coefficient (Wildman–Crippen LogP) is 1.18. The van der Waals surface area contributed by atoms with Gasteiger partial charge in [0.2, 0.25) is 0 Å². The number of nitrogens with two attached hydrogens (primary N) is 1. The highest BCUT2D eigenvalue weighted by Gasteiger charge is 2.27. The van der Waals surface area contributed by atoms with E-state index in [0.29, 0.717) is 11.4 Å². The minimum Gasteiger partial charge on any atom is -0.386 e. The fraction of sp³-hybridized carbons (Fsp3) is 0.545. The zero-order valence-corrected chi connectivity index (χ0v) is 8.81. The highest BCUT2D eigenvalue weighted by Crippen LogP contribution is 2.29. The number of nitrogens with zero attached hydrogens (tertiary/aromatic N) is 1. The van der Waals surface area contributed by atoms with Gasteiger partial charge in [-0.05, 0) is 31.4 Å². The van der Waals surface area contributed by atoms with Crippen LogP contribution in [0.3, 0.4) is 0 Å². The van der Waals surface area contributed by atoms with Gasteiger partial charge in [-0.3, -0.25) is 0 Å². The van der Waals surface area contributed by atoms with Crippen molar-refractivity contribution in [2.45, 2.75) is 32.0 Å². The number of hydrogen-bond acceptors (Lipinski definition) is 4. The maximum atomic E-state index is 10.1. The number of nitrogen functional groups attached to an aromatic ring is 1. The summed E-state index contributed by atoms with van der Waals surface area (Å²) in [6.45, 7) is 2.65. The zero-order valence-electron chi connectivity index (χ0n) is 8.81. The molecule has 4 heteroatoms. The minimum atomic E-state index is -0.653. The predicted molar refractivity (Wildman–Crippen MR) is 57.3 cm³/mol. The first-order valence-corrected chi connectivity index (χ1v) is 5.20. The van der Waals surface area contributed by atoms with Gasteiger partial charge in [0.25, 0.3) is 0 Å². The summed E-state index contributed by atoms with van der Waals surface area (Å²) < 4.78 is 5.43. The van der Waals surface area contributed by atoms with Crippen molar-refractivity contribution in [3.8, 4) is 0 Å². The number of aliphatic hydroxyl groups is 1. The molecule has 1 fully saturated rings. The smallest absolute Gasteiger partial charge is 0.129 e. The van der Waals surface area contributed by atoms with E-state index in [0.717, 1.165) is 25.0 Å². The molecule has 0 spiro atoms. The van der Waals surface area contributed by atoms with E-state index >= 15 is 0 Å². The first-order valence-electron chi connectivity index (χ1n) is 5.20. The maximum absolute atomic E-state index is 10.1. The number of rotatable bonds is 2. The normalized spacial score (nSPS) is 22.9. The van der Waals surface area contributed by atoms with Crippen LogP contribution in [0.4, 0.5) is 5.82 Å². The molecule has 1 aromatic rings. The average molecular weight is 208 g/mol. The van der Waals surface area contributed by atoms with Gasteiger partial charge in [0, 0.05) is 18.4 Å². The molecule has 1 saturated heterocycles. The Morgan fingerprint density at radius 2 is 2.47 bits per heavy atom. The summed E-state index contributed by atoms with van der Waals surface area (Å²) in [7, 11) is 0. The molecule has 0 aliphatic carbocycles. The molecule has 2 rings (SSSR count). The second-order valence-electron chi connectivity index (χ2n) is 3.98. The molecule has 1 aliphatic heterocycles. The molecule has 82 valence electrons. The Labute approximate surface area is 89.1 Å². The van der Waals surface area contributed by atoms with Gasteiger partial charge >= 0.3 is 0 Å². The van der Waals surface area contributed by atoms with E-state index < -0.39 is 6.10 Å². The lowest BCUT2D eigenvalue weighted by atomic mass is 10.0. The lowest BCUT2D eigenvalue weighted by molar-refractivity contribution is -0.00237. The maximum Gasteiger partial charge on any atom is 0.129 e. The van der Waals surface area contributed by atoms with Crippen molar-refractivity contribution in [1.29, 1.82) is 0 Å². The van der Waals surface area contributed by atoms with Crippen molar-refractivity contribution < 1.29 is 9.84 Å². The highest BCUT2D eigenvalue weighted by atomic mass is 16.5. The molecule has 2 atom stereocenters. The Bertz CT molecular complexity index is 348. The van der Waals surface area contributed by atoms with Crippen LogP contribution in [-0.2, 0) is 4.74 Å². The average Bonchev–Trinajstić information content (AvgIpc) is 2.74. The highest BCUT2D eigenvalue weighted by molar-refractivity contribution is 5.42. The molecule has 4 nitrogen and oxygen atoms in total. The van der Waals surface area contributed by atoms with Crippen molar-refractivity contribution in [3.05, 3.63) is 23.4 Å². The summed E-state index contributed by atoms with van der Waals surface area (Å²) in [6, 6.07) is 1.87. The third-order valence-corrected chi connectivity index (χ3v) is 2.72. The lowest BCUT2D eigenvalue weighted by Gasteiger charge is -2.19. The summed E-state index contributed by atoms with van der Waals surface area (Å²) in [6.07, 6.45) is 2.80. The summed E-state index contributed by atoms with van der Waals surface area (Å²) in [5, 5.41) is 10.1. The van der Waals surface area contributed by atoms with Crippen LogP contribution in [0.1, 0.15) is 30.1 Å². The van der Waals surface area contributed by atoms with Crippen LogP contribution < -0.4 is 5.73 Å². The number of aliphatic hydroxyl groups excluding tert-OH is 1. The molecular formula is C11H16N2O2. The largest absolute Gasteiger partial charge is 0.386 e. The van der Waals surface area contributed by atoms with Crippen molar-refractivity contribution in [2.75, 3.05) is 12.3 Å². The Hall–Kier alpha value is -1.13. The van der Waals surface area contributed by atoms with Gasteiger partial charge < -0.3 is 15.6 Å². The number of aromatic nitrogens is 1. The van der Waals surface area contributed by atoms with E-state index in [1.54, 1.807) is 6.20 Å². The third kappa shape index (κ3) is 2.11. The molecule has 1 aliphatic rings. The molecule has 0 saturated carbocycles. The van der Waals surface area contributed by atoms with Gasteiger partial charge in [-0.25, -0.2) is 4.98 Å². The standard InChI is InChI=1S/C11H16N2O2/c1-7-5-8(11(12)13-6-7)10(14)9-3-2-4-15-9/h5-6,9-10,14H,2-4H2,1H3,(H2,12,13). The molecular weight excluding hydrogens is 192 g/mol. The quantitative estimate of drug-likeness (QED) is 0.766. The van der Waals surface area contributed by atoms with Crippen molar-refractivity contribution in [3.63, 3.8) is 0 Å². The number of aryl methyl sites for hydroxylation is 1. The fourth-order valence-corrected chi connectivity index (χ4v) is 1.89. The Kier molecular flexibility index (Phi) is 2.88. The zero-order chi connectivity index (χ0) is 10.8. The Balaban J connectivity index is 2.23. The number of ether oxygens (including phenoxy) is 1. The molecule has 0 aromatic carbocycles. The van der Waals surface area contributed by atoms with Crippen LogP contribution in [0.2, 0.25) is 0 Å².